The molecule has 20 heavy (non-hydrogen) atoms. The van der Waals surface area contributed by atoms with Gasteiger partial charge in [0.05, 0.1) is 5.56 Å². The van der Waals surface area contributed by atoms with Crippen LogP contribution in [0.1, 0.15) is 24.8 Å². The van der Waals surface area contributed by atoms with Crippen molar-refractivity contribution >= 4 is 15.9 Å². The Bertz CT molecular complexity index is 549. The van der Waals surface area contributed by atoms with Gasteiger partial charge in [-0.15, -0.1) is 0 Å². The van der Waals surface area contributed by atoms with Crippen LogP contribution in [-0.2, 0) is 16.4 Å². The van der Waals surface area contributed by atoms with Gasteiger partial charge in [-0.3, -0.25) is 4.72 Å². The van der Waals surface area contributed by atoms with Crippen LogP contribution in [0.25, 0.3) is 0 Å². The van der Waals surface area contributed by atoms with Crippen LogP contribution in [0.15, 0.2) is 24.3 Å². The molecule has 0 spiro atoms. The maximum Gasteiger partial charge on any atom is 0.416 e. The molecule has 4 nitrogen and oxygen atoms in total. The third-order valence-corrected chi connectivity index (χ3v) is 4.65. The van der Waals surface area contributed by atoms with Gasteiger partial charge in [0, 0.05) is 18.8 Å². The molecular formula is C12H15F3N2O2S. The minimum Gasteiger partial charge on any atom is -0.271 e. The predicted molar refractivity (Wildman–Crippen MR) is 69.4 cm³/mol. The molecular weight excluding hydrogens is 293 g/mol. The first-order valence-corrected chi connectivity index (χ1v) is 7.68. The Kier molecular flexibility index (Phi) is 4.24. The average molecular weight is 308 g/mol. The van der Waals surface area contributed by atoms with Crippen LogP contribution < -0.4 is 4.72 Å². The standard InChI is InChI=1S/C12H15F3N2O2S/c13-12(14,15)10-4-6-11(7-5-10)16-20(18,19)17-8-2-1-3-9-17/h4-7,16H,1-3,8-9H2. The molecule has 0 saturated carbocycles. The first-order chi connectivity index (χ1) is 9.29. The van der Waals surface area contributed by atoms with Gasteiger partial charge >= 0.3 is 16.4 Å². The zero-order chi connectivity index (χ0) is 14.8. The van der Waals surface area contributed by atoms with Crippen LogP contribution in [0.5, 0.6) is 0 Å². The highest BCUT2D eigenvalue weighted by molar-refractivity contribution is 7.90. The van der Waals surface area contributed by atoms with Crippen LogP contribution in [0, 0.1) is 0 Å². The molecule has 1 aliphatic rings. The van der Waals surface area contributed by atoms with Crippen molar-refractivity contribution in [2.24, 2.45) is 0 Å². The van der Waals surface area contributed by atoms with Gasteiger partial charge in [0.25, 0.3) is 0 Å². The Morgan fingerprint density at radius 1 is 1.00 bits per heavy atom. The molecule has 0 aromatic heterocycles. The Morgan fingerprint density at radius 3 is 2.05 bits per heavy atom. The van der Waals surface area contributed by atoms with E-state index >= 15 is 0 Å². The summed E-state index contributed by atoms with van der Waals surface area (Å²) in [6, 6.07) is 3.94. The fraction of sp³-hybridized carbons (Fsp3) is 0.500. The third kappa shape index (κ3) is 3.63. The summed E-state index contributed by atoms with van der Waals surface area (Å²) >= 11 is 0. The van der Waals surface area contributed by atoms with Gasteiger partial charge in [-0.2, -0.15) is 25.9 Å². The predicted octanol–water partition coefficient (Wildman–Crippen LogP) is 2.85. The molecule has 1 aliphatic heterocycles. The van der Waals surface area contributed by atoms with Crippen LogP contribution in [0.3, 0.4) is 0 Å². The lowest BCUT2D eigenvalue weighted by Gasteiger charge is -2.26. The van der Waals surface area contributed by atoms with E-state index in [0.29, 0.717) is 13.1 Å². The van der Waals surface area contributed by atoms with E-state index in [0.717, 1.165) is 43.5 Å². The van der Waals surface area contributed by atoms with E-state index in [4.69, 9.17) is 0 Å². The van der Waals surface area contributed by atoms with E-state index in [1.807, 2.05) is 0 Å². The molecule has 0 atom stereocenters. The summed E-state index contributed by atoms with van der Waals surface area (Å²) < 4.78 is 64.9. The number of benzene rings is 1. The number of halogens is 3. The number of hydrogen-bond donors (Lipinski definition) is 1. The monoisotopic (exact) mass is 308 g/mol. The summed E-state index contributed by atoms with van der Waals surface area (Å²) in [6.07, 6.45) is -1.83. The van der Waals surface area contributed by atoms with Gasteiger partial charge in [0.1, 0.15) is 0 Å². The quantitative estimate of drug-likeness (QED) is 0.933. The van der Waals surface area contributed by atoms with E-state index in [2.05, 4.69) is 4.72 Å². The molecule has 1 saturated heterocycles. The normalized spacial score (nSPS) is 17.9. The first-order valence-electron chi connectivity index (χ1n) is 6.24. The van der Waals surface area contributed by atoms with E-state index in [1.165, 1.54) is 4.31 Å². The van der Waals surface area contributed by atoms with Gasteiger partial charge in [-0.25, -0.2) is 0 Å². The molecule has 2 rings (SSSR count). The molecule has 1 heterocycles. The van der Waals surface area contributed by atoms with Gasteiger partial charge in [0.2, 0.25) is 0 Å². The van der Waals surface area contributed by atoms with E-state index in [1.54, 1.807) is 0 Å². The molecule has 1 aromatic rings. The summed E-state index contributed by atoms with van der Waals surface area (Å²) in [7, 11) is -3.68. The topological polar surface area (TPSA) is 49.4 Å². The maximum atomic E-state index is 12.4. The van der Waals surface area contributed by atoms with Gasteiger partial charge in [0.15, 0.2) is 0 Å². The van der Waals surface area contributed by atoms with Gasteiger partial charge in [-0.05, 0) is 37.1 Å². The van der Waals surface area contributed by atoms with Crippen LogP contribution in [0.2, 0.25) is 0 Å². The highest BCUT2D eigenvalue weighted by atomic mass is 32.2. The van der Waals surface area contributed by atoms with E-state index in [-0.39, 0.29) is 5.69 Å². The number of piperidine rings is 1. The summed E-state index contributed by atoms with van der Waals surface area (Å²) in [5.41, 5.74) is -0.679. The zero-order valence-corrected chi connectivity index (χ0v) is 11.5. The minimum atomic E-state index is -4.43. The van der Waals surface area contributed by atoms with Crippen molar-refractivity contribution in [3.63, 3.8) is 0 Å². The van der Waals surface area contributed by atoms with Crippen LogP contribution in [-0.4, -0.2) is 25.8 Å². The summed E-state index contributed by atoms with van der Waals surface area (Å²) in [5.74, 6) is 0. The van der Waals surface area contributed by atoms with Crippen molar-refractivity contribution in [3.8, 4) is 0 Å². The average Bonchev–Trinajstić information content (AvgIpc) is 2.39. The SMILES string of the molecule is O=S(=O)(Nc1ccc(C(F)(F)F)cc1)N1CCCCC1. The van der Waals surface area contributed by atoms with Gasteiger partial charge < -0.3 is 0 Å². The van der Waals surface area contributed by atoms with Crippen molar-refractivity contribution in [1.82, 2.24) is 4.31 Å². The second-order valence-electron chi connectivity index (χ2n) is 4.64. The molecule has 0 bridgehead atoms. The summed E-state index contributed by atoms with van der Waals surface area (Å²) in [4.78, 5) is 0. The van der Waals surface area contributed by atoms with Crippen LogP contribution >= 0.6 is 0 Å². The third-order valence-electron chi connectivity index (χ3n) is 3.11. The fourth-order valence-electron chi connectivity index (χ4n) is 2.05. The lowest BCUT2D eigenvalue weighted by atomic mass is 10.2. The number of anilines is 1. The zero-order valence-electron chi connectivity index (χ0n) is 10.7. The highest BCUT2D eigenvalue weighted by Crippen LogP contribution is 2.30. The van der Waals surface area contributed by atoms with Crippen molar-refractivity contribution in [3.05, 3.63) is 29.8 Å². The summed E-state index contributed by atoms with van der Waals surface area (Å²) in [5, 5.41) is 0. The Hall–Kier alpha value is -1.28. The molecule has 1 aromatic carbocycles. The number of nitrogens with one attached hydrogen (secondary N) is 1. The second-order valence-corrected chi connectivity index (χ2v) is 6.31. The number of rotatable bonds is 3. The minimum absolute atomic E-state index is 0.128. The highest BCUT2D eigenvalue weighted by Gasteiger charge is 2.30. The van der Waals surface area contributed by atoms with Crippen molar-refractivity contribution in [2.75, 3.05) is 17.8 Å². The van der Waals surface area contributed by atoms with Crippen LogP contribution in [0.4, 0.5) is 18.9 Å². The molecule has 8 heteroatoms. The van der Waals surface area contributed by atoms with E-state index < -0.39 is 21.9 Å². The maximum absolute atomic E-state index is 12.4. The molecule has 1 fully saturated rings. The van der Waals surface area contributed by atoms with Crippen molar-refractivity contribution in [1.29, 1.82) is 0 Å². The lowest BCUT2D eigenvalue weighted by molar-refractivity contribution is -0.137. The largest absolute Gasteiger partial charge is 0.416 e. The molecule has 0 unspecified atom stereocenters. The smallest absolute Gasteiger partial charge is 0.271 e. The fourth-order valence-corrected chi connectivity index (χ4v) is 3.35. The molecule has 1 N–H and O–H groups in total. The molecule has 0 aliphatic carbocycles. The first kappa shape index (κ1) is 15.1. The molecule has 0 amide bonds. The number of hydrogen-bond acceptors (Lipinski definition) is 2. The van der Waals surface area contributed by atoms with Crippen molar-refractivity contribution < 1.29 is 21.6 Å². The number of nitrogens with zero attached hydrogens (tertiary/aromatic N) is 1. The Balaban J connectivity index is 2.09. The second kappa shape index (κ2) is 5.61. The van der Waals surface area contributed by atoms with Crippen molar-refractivity contribution in [2.45, 2.75) is 25.4 Å². The lowest BCUT2D eigenvalue weighted by Crippen LogP contribution is -2.39. The summed E-state index contributed by atoms with van der Waals surface area (Å²) in [6.45, 7) is 0.881. The Morgan fingerprint density at radius 2 is 1.55 bits per heavy atom. The Labute approximate surface area is 115 Å². The van der Waals surface area contributed by atoms with Gasteiger partial charge in [-0.1, -0.05) is 6.42 Å². The molecule has 112 valence electrons. The molecule has 0 radical (unpaired) electrons. The number of alkyl halides is 3. The van der Waals surface area contributed by atoms with E-state index in [9.17, 15) is 21.6 Å².